The SMILES string of the molecule is Cn1nc2c(c1-c1cc(F)c(F)c(F)c1)CCN(C(=O)c1n[nH]c3ccccc13)C2. The first-order valence-corrected chi connectivity index (χ1v) is 9.36. The maximum atomic E-state index is 13.7. The number of benzene rings is 2. The molecule has 2 aromatic carbocycles. The van der Waals surface area contributed by atoms with E-state index < -0.39 is 17.5 Å². The Morgan fingerprint density at radius 2 is 1.87 bits per heavy atom. The Labute approximate surface area is 168 Å². The lowest BCUT2D eigenvalue weighted by atomic mass is 9.99. The number of rotatable bonds is 2. The molecule has 2 aromatic heterocycles. The van der Waals surface area contributed by atoms with E-state index >= 15 is 0 Å². The minimum atomic E-state index is -1.50. The number of H-pyrrole nitrogens is 1. The Balaban J connectivity index is 1.49. The van der Waals surface area contributed by atoms with Crippen molar-refractivity contribution < 1.29 is 18.0 Å². The van der Waals surface area contributed by atoms with Gasteiger partial charge in [-0.2, -0.15) is 10.2 Å². The number of halogens is 3. The van der Waals surface area contributed by atoms with Crippen LogP contribution in [0, 0.1) is 17.5 Å². The zero-order valence-corrected chi connectivity index (χ0v) is 15.9. The Hall–Kier alpha value is -3.62. The molecular weight excluding hydrogens is 395 g/mol. The van der Waals surface area contributed by atoms with Crippen molar-refractivity contribution in [2.75, 3.05) is 6.54 Å². The molecule has 0 saturated carbocycles. The topological polar surface area (TPSA) is 66.8 Å². The van der Waals surface area contributed by atoms with Gasteiger partial charge in [0.2, 0.25) is 0 Å². The van der Waals surface area contributed by atoms with Crippen LogP contribution in [-0.4, -0.2) is 37.3 Å². The molecule has 0 spiro atoms. The smallest absolute Gasteiger partial charge is 0.275 e. The molecule has 0 saturated heterocycles. The summed E-state index contributed by atoms with van der Waals surface area (Å²) in [6.07, 6.45) is 0.452. The van der Waals surface area contributed by atoms with Gasteiger partial charge in [-0.3, -0.25) is 14.6 Å². The first-order chi connectivity index (χ1) is 14.4. The second-order valence-electron chi connectivity index (χ2n) is 7.25. The highest BCUT2D eigenvalue weighted by atomic mass is 19.2. The third-order valence-corrected chi connectivity index (χ3v) is 5.42. The molecule has 9 heteroatoms. The molecule has 1 amide bonds. The quantitative estimate of drug-likeness (QED) is 0.513. The number of nitrogens with zero attached hydrogens (tertiary/aromatic N) is 4. The van der Waals surface area contributed by atoms with Gasteiger partial charge in [-0.1, -0.05) is 18.2 Å². The van der Waals surface area contributed by atoms with Gasteiger partial charge in [-0.05, 0) is 24.6 Å². The lowest BCUT2D eigenvalue weighted by Crippen LogP contribution is -2.36. The fourth-order valence-corrected chi connectivity index (χ4v) is 4.02. The monoisotopic (exact) mass is 411 g/mol. The van der Waals surface area contributed by atoms with Gasteiger partial charge in [-0.15, -0.1) is 0 Å². The van der Waals surface area contributed by atoms with E-state index in [1.165, 1.54) is 4.68 Å². The van der Waals surface area contributed by atoms with Crippen LogP contribution in [0.5, 0.6) is 0 Å². The van der Waals surface area contributed by atoms with E-state index in [1.807, 2.05) is 24.3 Å². The summed E-state index contributed by atoms with van der Waals surface area (Å²) in [7, 11) is 1.65. The molecule has 1 N–H and O–H groups in total. The number of carbonyl (C=O) groups is 1. The molecule has 152 valence electrons. The Morgan fingerprint density at radius 3 is 2.63 bits per heavy atom. The van der Waals surface area contributed by atoms with Gasteiger partial charge in [0.1, 0.15) is 0 Å². The summed E-state index contributed by atoms with van der Waals surface area (Å²) in [6.45, 7) is 0.646. The third kappa shape index (κ3) is 2.77. The van der Waals surface area contributed by atoms with E-state index in [0.717, 1.165) is 28.6 Å². The van der Waals surface area contributed by atoms with E-state index in [-0.39, 0.29) is 18.0 Å². The average Bonchev–Trinajstić information content (AvgIpc) is 3.30. The van der Waals surface area contributed by atoms with E-state index in [9.17, 15) is 18.0 Å². The van der Waals surface area contributed by atoms with Crippen LogP contribution in [0.15, 0.2) is 36.4 Å². The number of hydrogen-bond acceptors (Lipinski definition) is 3. The summed E-state index contributed by atoms with van der Waals surface area (Å²) in [5.74, 6) is -4.22. The van der Waals surface area contributed by atoms with Gasteiger partial charge in [0.25, 0.3) is 5.91 Å². The highest BCUT2D eigenvalue weighted by Gasteiger charge is 2.29. The molecule has 4 aromatic rings. The zero-order chi connectivity index (χ0) is 21.0. The Kier molecular flexibility index (Phi) is 4.12. The number of hydrogen-bond donors (Lipinski definition) is 1. The van der Waals surface area contributed by atoms with Crippen LogP contribution in [0.3, 0.4) is 0 Å². The fourth-order valence-electron chi connectivity index (χ4n) is 4.02. The van der Waals surface area contributed by atoms with Gasteiger partial charge >= 0.3 is 0 Å². The predicted octanol–water partition coefficient (Wildman–Crippen LogP) is 3.58. The van der Waals surface area contributed by atoms with Crippen LogP contribution in [0.2, 0.25) is 0 Å². The minimum Gasteiger partial charge on any atom is -0.331 e. The molecule has 5 rings (SSSR count). The van der Waals surface area contributed by atoms with Gasteiger partial charge in [0, 0.05) is 30.1 Å². The molecule has 1 aliphatic rings. The van der Waals surface area contributed by atoms with E-state index in [0.29, 0.717) is 30.0 Å². The van der Waals surface area contributed by atoms with Crippen LogP contribution < -0.4 is 0 Å². The second-order valence-corrected chi connectivity index (χ2v) is 7.25. The highest BCUT2D eigenvalue weighted by Crippen LogP contribution is 2.32. The zero-order valence-electron chi connectivity index (χ0n) is 15.9. The van der Waals surface area contributed by atoms with Gasteiger partial charge in [0.15, 0.2) is 23.1 Å². The predicted molar refractivity (Wildman–Crippen MR) is 103 cm³/mol. The number of carbonyl (C=O) groups excluding carboxylic acids is 1. The van der Waals surface area contributed by atoms with E-state index in [4.69, 9.17) is 0 Å². The fraction of sp³-hybridized carbons (Fsp3) is 0.190. The van der Waals surface area contributed by atoms with Gasteiger partial charge in [0.05, 0.1) is 23.4 Å². The van der Waals surface area contributed by atoms with Crippen molar-refractivity contribution in [1.29, 1.82) is 0 Å². The molecule has 3 heterocycles. The number of amides is 1. The van der Waals surface area contributed by atoms with Crippen molar-refractivity contribution >= 4 is 16.8 Å². The second kappa shape index (κ2) is 6.72. The summed E-state index contributed by atoms with van der Waals surface area (Å²) in [4.78, 5) is 14.7. The number of aryl methyl sites for hydroxylation is 1. The average molecular weight is 411 g/mol. The lowest BCUT2D eigenvalue weighted by molar-refractivity contribution is 0.0728. The molecule has 1 aliphatic heterocycles. The third-order valence-electron chi connectivity index (χ3n) is 5.42. The first-order valence-electron chi connectivity index (χ1n) is 9.36. The number of fused-ring (bicyclic) bond motifs is 2. The lowest BCUT2D eigenvalue weighted by Gasteiger charge is -2.26. The number of nitrogens with one attached hydrogen (secondary N) is 1. The summed E-state index contributed by atoms with van der Waals surface area (Å²) < 4.78 is 42.3. The molecule has 6 nitrogen and oxygen atoms in total. The molecule has 0 fully saturated rings. The van der Waals surface area contributed by atoms with Crippen molar-refractivity contribution in [3.05, 3.63) is 70.8 Å². The highest BCUT2D eigenvalue weighted by molar-refractivity contribution is 6.04. The van der Waals surface area contributed by atoms with Crippen molar-refractivity contribution in [1.82, 2.24) is 24.9 Å². The maximum absolute atomic E-state index is 13.7. The summed E-state index contributed by atoms with van der Waals surface area (Å²) in [6, 6.07) is 9.30. The van der Waals surface area contributed by atoms with E-state index in [2.05, 4.69) is 15.3 Å². The van der Waals surface area contributed by atoms with Crippen molar-refractivity contribution in [2.24, 2.45) is 7.05 Å². The normalized spacial score (nSPS) is 13.7. The van der Waals surface area contributed by atoms with Crippen LogP contribution in [0.25, 0.3) is 22.2 Å². The van der Waals surface area contributed by atoms with Crippen LogP contribution in [-0.2, 0) is 20.0 Å². The summed E-state index contributed by atoms with van der Waals surface area (Å²) >= 11 is 0. The maximum Gasteiger partial charge on any atom is 0.275 e. The van der Waals surface area contributed by atoms with E-state index in [1.54, 1.807) is 11.9 Å². The Morgan fingerprint density at radius 1 is 1.13 bits per heavy atom. The van der Waals surface area contributed by atoms with Crippen molar-refractivity contribution in [3.63, 3.8) is 0 Å². The van der Waals surface area contributed by atoms with Crippen LogP contribution >= 0.6 is 0 Å². The minimum absolute atomic E-state index is 0.209. The van der Waals surface area contributed by atoms with Crippen molar-refractivity contribution in [3.8, 4) is 11.3 Å². The standard InChI is InChI=1S/C21H16F3N5O/c1-28-20(11-8-14(22)18(24)15(23)9-11)13-6-7-29(10-17(13)27-28)21(30)19-12-4-2-3-5-16(12)25-26-19/h2-5,8-9H,6-7,10H2,1H3,(H,25,26). The molecule has 0 atom stereocenters. The Bertz CT molecular complexity index is 1290. The van der Waals surface area contributed by atoms with Crippen molar-refractivity contribution in [2.45, 2.75) is 13.0 Å². The molecule has 0 unspecified atom stereocenters. The molecule has 30 heavy (non-hydrogen) atoms. The number of para-hydroxylation sites is 1. The molecule has 0 aliphatic carbocycles. The largest absolute Gasteiger partial charge is 0.331 e. The van der Waals surface area contributed by atoms with Gasteiger partial charge < -0.3 is 4.90 Å². The van der Waals surface area contributed by atoms with Crippen LogP contribution in [0.1, 0.15) is 21.7 Å². The van der Waals surface area contributed by atoms with Gasteiger partial charge in [-0.25, -0.2) is 13.2 Å². The summed E-state index contributed by atoms with van der Waals surface area (Å²) in [5.41, 5.74) is 3.27. The molecular formula is C21H16F3N5O. The first kappa shape index (κ1) is 18.4. The van der Waals surface area contributed by atoms with Crippen LogP contribution in [0.4, 0.5) is 13.2 Å². The summed E-state index contributed by atoms with van der Waals surface area (Å²) in [5, 5.41) is 12.2. The number of aromatic nitrogens is 4. The molecule has 0 bridgehead atoms. The molecule has 0 radical (unpaired) electrons. The number of aromatic amines is 1.